The van der Waals surface area contributed by atoms with Crippen molar-refractivity contribution in [2.75, 3.05) is 28.3 Å². The first-order valence-corrected chi connectivity index (χ1v) is 9.09. The summed E-state index contributed by atoms with van der Waals surface area (Å²) < 4.78 is 16.1. The molecule has 2 rings (SSSR count). The van der Waals surface area contributed by atoms with E-state index in [0.717, 1.165) is 5.17 Å². The topological polar surface area (TPSA) is 60.4 Å². The van der Waals surface area contributed by atoms with Crippen LogP contribution in [-0.4, -0.2) is 61.6 Å². The molecule has 1 unspecified atom stereocenters. The van der Waals surface area contributed by atoms with Gasteiger partial charge in [-0.25, -0.2) is 0 Å². The van der Waals surface area contributed by atoms with Gasteiger partial charge in [0.1, 0.15) is 0 Å². The van der Waals surface area contributed by atoms with Gasteiger partial charge in [-0.15, -0.1) is 0 Å². The van der Waals surface area contributed by atoms with E-state index in [1.165, 1.54) is 14.2 Å². The predicted molar refractivity (Wildman–Crippen MR) is 66.6 cm³/mol. The molecule has 0 amide bonds. The number of nitrogens with zero attached hydrogens (tertiary/aromatic N) is 2. The molecule has 0 saturated carbocycles. The number of amidine groups is 1. The summed E-state index contributed by atoms with van der Waals surface area (Å²) in [6.45, 7) is 0. The first kappa shape index (κ1) is 12.5. The Bertz CT molecular complexity index is 470. The molecular formula is C9H12N2O4SSe. The Morgan fingerprint density at radius 1 is 1.47 bits per heavy atom. The molecule has 2 aliphatic heterocycles. The summed E-state index contributed by atoms with van der Waals surface area (Å²) >= 11 is -1.63. The number of methoxy groups -OCH3 is 2. The molecule has 0 aromatic rings. The Morgan fingerprint density at radius 3 is 2.71 bits per heavy atom. The van der Waals surface area contributed by atoms with Crippen LogP contribution < -0.4 is 0 Å². The molecule has 1 atom stereocenters. The van der Waals surface area contributed by atoms with Gasteiger partial charge in [-0.3, -0.25) is 0 Å². The van der Waals surface area contributed by atoms with Crippen LogP contribution in [0.3, 0.4) is 0 Å². The van der Waals surface area contributed by atoms with E-state index >= 15 is 0 Å². The van der Waals surface area contributed by atoms with Crippen molar-refractivity contribution < 1.29 is 18.1 Å². The molecule has 94 valence electrons. The molecule has 0 saturated heterocycles. The molecule has 0 radical (unpaired) electrons. The van der Waals surface area contributed by atoms with Crippen LogP contribution in [0.5, 0.6) is 0 Å². The quantitative estimate of drug-likeness (QED) is 0.523. The van der Waals surface area contributed by atoms with Crippen molar-refractivity contribution in [1.82, 2.24) is 4.90 Å². The predicted octanol–water partition coefficient (Wildman–Crippen LogP) is -0.0882. The zero-order valence-corrected chi connectivity index (χ0v) is 12.4. The SMILES string of the molecule is COC(=O)C1=C(OC)O[Se]2=C1N=C(N(C)C)S2. The molecule has 8 heteroatoms. The number of carbonyl (C=O) groups is 1. The molecule has 0 fully saturated rings. The van der Waals surface area contributed by atoms with E-state index in [4.69, 9.17) is 13.3 Å². The third-order valence-corrected chi connectivity index (χ3v) is 7.77. The minimum absolute atomic E-state index is 0.228. The second kappa shape index (κ2) is 4.72. The van der Waals surface area contributed by atoms with Crippen molar-refractivity contribution in [3.05, 3.63) is 11.5 Å². The van der Waals surface area contributed by atoms with Gasteiger partial charge in [-0.1, -0.05) is 0 Å². The Morgan fingerprint density at radius 2 is 2.18 bits per heavy atom. The second-order valence-electron chi connectivity index (χ2n) is 3.35. The van der Waals surface area contributed by atoms with Crippen LogP contribution in [0.2, 0.25) is 0 Å². The fourth-order valence-electron chi connectivity index (χ4n) is 1.23. The van der Waals surface area contributed by atoms with Gasteiger partial charge < -0.3 is 0 Å². The van der Waals surface area contributed by atoms with E-state index in [-0.39, 0.29) is 5.95 Å². The van der Waals surface area contributed by atoms with Crippen LogP contribution in [0.1, 0.15) is 0 Å². The van der Waals surface area contributed by atoms with Gasteiger partial charge >= 0.3 is 106 Å². The Kier molecular flexibility index (Phi) is 3.46. The maximum atomic E-state index is 11.7. The Balaban J connectivity index is 2.36. The fraction of sp³-hybridized carbons (Fsp3) is 0.444. The third-order valence-electron chi connectivity index (χ3n) is 2.03. The van der Waals surface area contributed by atoms with Crippen molar-refractivity contribution in [2.45, 2.75) is 0 Å². The molecule has 0 spiro atoms. The number of rotatable bonds is 2. The number of esters is 1. The zero-order valence-electron chi connectivity index (χ0n) is 9.84. The summed E-state index contributed by atoms with van der Waals surface area (Å²) in [7, 11) is 8.15. The molecule has 0 N–H and O–H groups in total. The third kappa shape index (κ3) is 2.08. The second-order valence-corrected chi connectivity index (χ2v) is 8.65. The number of aliphatic imine (C=N–C) groups is 1. The molecule has 0 aromatic carbocycles. The molecule has 0 aromatic heterocycles. The normalized spacial score (nSPS) is 22.0. The molecule has 2 aliphatic rings. The van der Waals surface area contributed by atoms with Gasteiger partial charge in [-0.2, -0.15) is 0 Å². The van der Waals surface area contributed by atoms with Crippen molar-refractivity contribution in [2.24, 2.45) is 4.99 Å². The van der Waals surface area contributed by atoms with E-state index in [1.54, 1.807) is 10.2 Å². The number of hydrogen-bond donors (Lipinski definition) is 0. The summed E-state index contributed by atoms with van der Waals surface area (Å²) in [6, 6.07) is 0. The average Bonchev–Trinajstić information content (AvgIpc) is 2.83. The molecule has 0 bridgehead atoms. The van der Waals surface area contributed by atoms with E-state index < -0.39 is 18.6 Å². The standard InChI is InChI=1S/C9H12N2O4SSe/c1-11(2)9-10-6-5(7(12)13-3)8(14-4)15-17(6)16-9/h1-4H3. The van der Waals surface area contributed by atoms with Crippen LogP contribution in [0.4, 0.5) is 0 Å². The monoisotopic (exact) mass is 324 g/mol. The molecule has 2 heterocycles. The van der Waals surface area contributed by atoms with Crippen molar-refractivity contribution >= 4 is 38.5 Å². The van der Waals surface area contributed by atoms with Crippen LogP contribution in [0.25, 0.3) is 0 Å². The van der Waals surface area contributed by atoms with Crippen molar-refractivity contribution in [3.8, 4) is 0 Å². The van der Waals surface area contributed by atoms with Gasteiger partial charge in [0, 0.05) is 0 Å². The number of carbonyl (C=O) groups excluding carboxylic acids is 1. The zero-order chi connectivity index (χ0) is 12.6. The van der Waals surface area contributed by atoms with E-state index in [0.29, 0.717) is 10.1 Å². The van der Waals surface area contributed by atoms with Crippen LogP contribution in [0.15, 0.2) is 16.5 Å². The minimum atomic E-state index is -1.63. The van der Waals surface area contributed by atoms with Crippen LogP contribution >= 0.6 is 10.2 Å². The summed E-state index contributed by atoms with van der Waals surface area (Å²) in [5.74, 6) is -0.238. The van der Waals surface area contributed by atoms with Gasteiger partial charge in [0.05, 0.1) is 0 Å². The van der Waals surface area contributed by atoms with Gasteiger partial charge in [0.2, 0.25) is 0 Å². The summed E-state index contributed by atoms with van der Waals surface area (Å²) in [4.78, 5) is 18.0. The molecule has 0 aliphatic carbocycles. The Hall–Kier alpha value is -0.981. The maximum absolute atomic E-state index is 11.7. The van der Waals surface area contributed by atoms with Gasteiger partial charge in [0.15, 0.2) is 0 Å². The van der Waals surface area contributed by atoms with E-state index in [1.807, 2.05) is 19.0 Å². The molecule has 17 heavy (non-hydrogen) atoms. The summed E-state index contributed by atoms with van der Waals surface area (Å²) in [6.07, 6.45) is 0. The Labute approximate surface area is 106 Å². The van der Waals surface area contributed by atoms with Crippen molar-refractivity contribution in [3.63, 3.8) is 0 Å². The molecular weight excluding hydrogens is 311 g/mol. The molecule has 6 nitrogen and oxygen atoms in total. The van der Waals surface area contributed by atoms with Gasteiger partial charge in [0.25, 0.3) is 0 Å². The first-order chi connectivity index (χ1) is 8.08. The van der Waals surface area contributed by atoms with Crippen LogP contribution in [-0.2, 0) is 18.1 Å². The average molecular weight is 323 g/mol. The summed E-state index contributed by atoms with van der Waals surface area (Å²) in [5.41, 5.74) is 0.323. The number of ether oxygens (including phenoxy) is 2. The number of hydrogen-bond acceptors (Lipinski definition) is 7. The van der Waals surface area contributed by atoms with Crippen molar-refractivity contribution in [1.29, 1.82) is 0 Å². The van der Waals surface area contributed by atoms with Crippen LogP contribution in [0, 0.1) is 0 Å². The summed E-state index contributed by atoms with van der Waals surface area (Å²) in [5, 5.41) is 0.849. The van der Waals surface area contributed by atoms with E-state index in [9.17, 15) is 4.79 Å². The van der Waals surface area contributed by atoms with Gasteiger partial charge in [-0.05, 0) is 0 Å². The first-order valence-electron chi connectivity index (χ1n) is 4.69. The fourth-order valence-corrected chi connectivity index (χ4v) is 7.38. The van der Waals surface area contributed by atoms with E-state index in [2.05, 4.69) is 4.99 Å².